The van der Waals surface area contributed by atoms with Crippen LogP contribution in [0.3, 0.4) is 0 Å². The van der Waals surface area contributed by atoms with Gasteiger partial charge in [-0.05, 0) is 108 Å². The number of alkyl carbamates (subject to hydrolysis) is 1. The van der Waals surface area contributed by atoms with Crippen LogP contribution in [0.25, 0.3) is 11.1 Å². The van der Waals surface area contributed by atoms with Crippen molar-refractivity contribution in [3.63, 3.8) is 0 Å². The summed E-state index contributed by atoms with van der Waals surface area (Å²) in [4.78, 5) is 49.4. The Labute approximate surface area is 248 Å². The standard InChI is InChI=1S/C33H45N3O6/c1-20(2)35-30(38)26-12-7-21(3)27(18-26)24-13-8-22(9-14-24)17-28(31(39)40)36-29(37)25-15-10-23(11-16-25)19-34-32(41)42-33(4,5)6/h7-9,12-14,18,20,23,25,28H,10-11,15-17,19H2,1-6H3,(H,34,41)(H,35,38)(H,36,37)(H,39,40)/t23?,25?,28-/m0/s1. The highest BCUT2D eigenvalue weighted by Gasteiger charge is 2.30. The van der Waals surface area contributed by atoms with Gasteiger partial charge in [0.15, 0.2) is 0 Å². The minimum Gasteiger partial charge on any atom is -0.480 e. The molecular weight excluding hydrogens is 534 g/mol. The van der Waals surface area contributed by atoms with Crippen LogP contribution >= 0.6 is 0 Å². The van der Waals surface area contributed by atoms with Crippen LogP contribution < -0.4 is 16.0 Å². The highest BCUT2D eigenvalue weighted by molar-refractivity contribution is 5.96. The lowest BCUT2D eigenvalue weighted by Gasteiger charge is -2.29. The number of nitrogens with one attached hydrogen (secondary N) is 3. The summed E-state index contributed by atoms with van der Waals surface area (Å²) in [6, 6.07) is 12.1. The molecule has 228 valence electrons. The molecule has 0 saturated heterocycles. The van der Waals surface area contributed by atoms with Crippen LogP contribution in [-0.4, -0.2) is 53.2 Å². The number of carbonyl (C=O) groups is 4. The van der Waals surface area contributed by atoms with Gasteiger partial charge in [-0.15, -0.1) is 0 Å². The van der Waals surface area contributed by atoms with Gasteiger partial charge in [0.25, 0.3) is 5.91 Å². The van der Waals surface area contributed by atoms with Gasteiger partial charge >= 0.3 is 12.1 Å². The van der Waals surface area contributed by atoms with E-state index in [1.54, 1.807) is 6.07 Å². The van der Waals surface area contributed by atoms with E-state index in [4.69, 9.17) is 4.74 Å². The maximum Gasteiger partial charge on any atom is 0.407 e. The van der Waals surface area contributed by atoms with Gasteiger partial charge in [-0.1, -0.05) is 30.3 Å². The number of aryl methyl sites for hydroxylation is 1. The van der Waals surface area contributed by atoms with Crippen molar-refractivity contribution in [2.75, 3.05) is 6.54 Å². The highest BCUT2D eigenvalue weighted by Crippen LogP contribution is 2.29. The van der Waals surface area contributed by atoms with Gasteiger partial charge in [-0.25, -0.2) is 9.59 Å². The number of hydrogen-bond donors (Lipinski definition) is 4. The van der Waals surface area contributed by atoms with E-state index >= 15 is 0 Å². The lowest BCUT2D eigenvalue weighted by Crippen LogP contribution is -2.46. The fourth-order valence-electron chi connectivity index (χ4n) is 5.14. The number of ether oxygens (including phenoxy) is 1. The maximum absolute atomic E-state index is 13.0. The second-order valence-electron chi connectivity index (χ2n) is 12.6. The molecule has 1 aliphatic rings. The Bertz CT molecular complexity index is 1260. The van der Waals surface area contributed by atoms with Gasteiger partial charge in [0, 0.05) is 30.5 Å². The van der Waals surface area contributed by atoms with Crippen LogP contribution in [-0.2, 0) is 20.7 Å². The lowest BCUT2D eigenvalue weighted by molar-refractivity contribution is -0.142. The normalized spacial score (nSPS) is 17.7. The number of carbonyl (C=O) groups excluding carboxylic acids is 3. The molecule has 0 unspecified atom stereocenters. The SMILES string of the molecule is Cc1ccc(C(=O)NC(C)C)cc1-c1ccc(C[C@H](NC(=O)C2CCC(CNC(=O)OC(C)(C)C)CC2)C(=O)O)cc1. The number of hydrogen-bond acceptors (Lipinski definition) is 5. The summed E-state index contributed by atoms with van der Waals surface area (Å²) >= 11 is 0. The first kappa shape index (κ1) is 32.6. The molecule has 0 bridgehead atoms. The van der Waals surface area contributed by atoms with Crippen molar-refractivity contribution in [3.05, 3.63) is 59.2 Å². The first-order chi connectivity index (χ1) is 19.7. The minimum atomic E-state index is -1.08. The van der Waals surface area contributed by atoms with Crippen LogP contribution in [0.2, 0.25) is 0 Å². The fourth-order valence-corrected chi connectivity index (χ4v) is 5.14. The molecule has 4 N–H and O–H groups in total. The van der Waals surface area contributed by atoms with Gasteiger partial charge in [0.05, 0.1) is 0 Å². The predicted molar refractivity (Wildman–Crippen MR) is 162 cm³/mol. The predicted octanol–water partition coefficient (Wildman–Crippen LogP) is 5.24. The topological polar surface area (TPSA) is 134 Å². The van der Waals surface area contributed by atoms with E-state index in [0.717, 1.165) is 35.1 Å². The molecule has 9 heteroatoms. The summed E-state index contributed by atoms with van der Waals surface area (Å²) in [6.45, 7) is 11.7. The van der Waals surface area contributed by atoms with Crippen molar-refractivity contribution in [1.82, 2.24) is 16.0 Å². The van der Waals surface area contributed by atoms with Crippen molar-refractivity contribution >= 4 is 23.9 Å². The molecule has 2 aromatic rings. The Morgan fingerprint density at radius 3 is 2.17 bits per heavy atom. The molecule has 0 spiro atoms. The van der Waals surface area contributed by atoms with E-state index < -0.39 is 23.7 Å². The van der Waals surface area contributed by atoms with Crippen LogP contribution in [0.15, 0.2) is 42.5 Å². The van der Waals surface area contributed by atoms with Gasteiger partial charge in [-0.3, -0.25) is 9.59 Å². The van der Waals surface area contributed by atoms with E-state index in [1.165, 1.54) is 0 Å². The molecular formula is C33H45N3O6. The molecule has 1 fully saturated rings. The summed E-state index contributed by atoms with van der Waals surface area (Å²) < 4.78 is 5.28. The molecule has 42 heavy (non-hydrogen) atoms. The Hall–Kier alpha value is -3.88. The molecule has 3 rings (SSSR count). The summed E-state index contributed by atoms with van der Waals surface area (Å²) in [7, 11) is 0. The summed E-state index contributed by atoms with van der Waals surface area (Å²) in [5, 5.41) is 18.3. The lowest BCUT2D eigenvalue weighted by atomic mass is 9.81. The molecule has 1 saturated carbocycles. The largest absolute Gasteiger partial charge is 0.480 e. The zero-order valence-electron chi connectivity index (χ0n) is 25.6. The number of aliphatic carboxylic acids is 1. The van der Waals surface area contributed by atoms with Crippen LogP contribution in [0, 0.1) is 18.8 Å². The van der Waals surface area contributed by atoms with Crippen LogP contribution in [0.4, 0.5) is 4.79 Å². The number of carboxylic acid groups (broad SMARTS) is 1. The average Bonchev–Trinajstić information content (AvgIpc) is 2.91. The Balaban J connectivity index is 1.55. The van der Waals surface area contributed by atoms with E-state index in [1.807, 2.05) is 77.9 Å². The number of amides is 3. The van der Waals surface area contributed by atoms with E-state index in [0.29, 0.717) is 24.9 Å². The van der Waals surface area contributed by atoms with Gasteiger partial charge in [0.2, 0.25) is 5.91 Å². The molecule has 2 aromatic carbocycles. The third-order valence-corrected chi connectivity index (χ3v) is 7.39. The molecule has 0 radical (unpaired) electrons. The Morgan fingerprint density at radius 2 is 1.60 bits per heavy atom. The number of benzene rings is 2. The summed E-state index contributed by atoms with van der Waals surface area (Å²) in [5.41, 5.74) is 3.68. The van der Waals surface area contributed by atoms with Crippen molar-refractivity contribution < 1.29 is 29.0 Å². The molecule has 3 amide bonds. The summed E-state index contributed by atoms with van der Waals surface area (Å²) in [5.74, 6) is -1.46. The van der Waals surface area contributed by atoms with Gasteiger partial charge in [-0.2, -0.15) is 0 Å². The van der Waals surface area contributed by atoms with E-state index in [9.17, 15) is 24.3 Å². The van der Waals surface area contributed by atoms with Crippen molar-refractivity contribution in [2.45, 2.75) is 91.3 Å². The molecule has 0 aliphatic heterocycles. The molecule has 9 nitrogen and oxygen atoms in total. The van der Waals surface area contributed by atoms with Crippen molar-refractivity contribution in [1.29, 1.82) is 0 Å². The zero-order chi connectivity index (χ0) is 31.0. The number of carboxylic acids is 1. The van der Waals surface area contributed by atoms with Crippen LogP contribution in [0.1, 0.15) is 81.8 Å². The molecule has 0 aromatic heterocycles. The molecule has 1 aliphatic carbocycles. The van der Waals surface area contributed by atoms with E-state index in [-0.39, 0.29) is 36.1 Å². The number of rotatable bonds is 10. The van der Waals surface area contributed by atoms with Gasteiger partial charge < -0.3 is 25.8 Å². The first-order valence-corrected chi connectivity index (χ1v) is 14.7. The van der Waals surface area contributed by atoms with Gasteiger partial charge in [0.1, 0.15) is 11.6 Å². The zero-order valence-corrected chi connectivity index (χ0v) is 25.6. The smallest absolute Gasteiger partial charge is 0.407 e. The van der Waals surface area contributed by atoms with Crippen molar-refractivity contribution in [2.24, 2.45) is 11.8 Å². The highest BCUT2D eigenvalue weighted by atomic mass is 16.6. The average molecular weight is 580 g/mol. The quantitative estimate of drug-likeness (QED) is 0.304. The fraction of sp³-hybridized carbons (Fsp3) is 0.515. The third-order valence-electron chi connectivity index (χ3n) is 7.39. The summed E-state index contributed by atoms with van der Waals surface area (Å²) in [6.07, 6.45) is 2.53. The third kappa shape index (κ3) is 9.89. The first-order valence-electron chi connectivity index (χ1n) is 14.7. The second-order valence-corrected chi connectivity index (χ2v) is 12.6. The van der Waals surface area contributed by atoms with Crippen molar-refractivity contribution in [3.8, 4) is 11.1 Å². The monoisotopic (exact) mass is 579 g/mol. The molecule has 1 atom stereocenters. The molecule has 0 heterocycles. The van der Waals surface area contributed by atoms with E-state index in [2.05, 4.69) is 16.0 Å². The minimum absolute atomic E-state index is 0.0346. The Morgan fingerprint density at radius 1 is 0.952 bits per heavy atom. The maximum atomic E-state index is 13.0. The van der Waals surface area contributed by atoms with Crippen LogP contribution in [0.5, 0.6) is 0 Å². The second kappa shape index (κ2) is 14.3. The Kier molecular flexibility index (Phi) is 11.1.